The van der Waals surface area contributed by atoms with Crippen LogP contribution in [0.25, 0.3) is 0 Å². The molecule has 0 bridgehead atoms. The molecule has 114 valence electrons. The Bertz CT molecular complexity index is 657. The van der Waals surface area contributed by atoms with Crippen molar-refractivity contribution in [3.63, 3.8) is 0 Å². The van der Waals surface area contributed by atoms with Crippen LogP contribution in [-0.4, -0.2) is 25.3 Å². The van der Waals surface area contributed by atoms with E-state index < -0.39 is 0 Å². The number of Topliss-reactive ketones (excluding diaryl/α,β-unsaturated/α-hetero) is 1. The van der Waals surface area contributed by atoms with Crippen molar-refractivity contribution in [1.82, 2.24) is 19.6 Å². The van der Waals surface area contributed by atoms with Crippen molar-refractivity contribution in [2.45, 2.75) is 53.6 Å². The van der Waals surface area contributed by atoms with Crippen LogP contribution >= 0.6 is 15.9 Å². The van der Waals surface area contributed by atoms with Crippen LogP contribution in [0.15, 0.2) is 10.5 Å². The summed E-state index contributed by atoms with van der Waals surface area (Å²) in [6.07, 6.45) is 1.19. The van der Waals surface area contributed by atoms with Gasteiger partial charge < -0.3 is 0 Å². The van der Waals surface area contributed by atoms with Crippen molar-refractivity contribution in [3.05, 3.63) is 33.3 Å². The fraction of sp³-hybridized carbons (Fsp3) is 0.533. The Morgan fingerprint density at radius 3 is 2.43 bits per heavy atom. The van der Waals surface area contributed by atoms with Crippen LogP contribution in [0.3, 0.4) is 0 Å². The molecule has 21 heavy (non-hydrogen) atoms. The van der Waals surface area contributed by atoms with Gasteiger partial charge in [0.2, 0.25) is 0 Å². The van der Waals surface area contributed by atoms with E-state index in [-0.39, 0.29) is 5.78 Å². The molecule has 0 amide bonds. The quantitative estimate of drug-likeness (QED) is 0.750. The molecular formula is C15H21BrN4O. The lowest BCUT2D eigenvalue weighted by Gasteiger charge is -2.06. The molecule has 0 spiro atoms. The third-order valence-electron chi connectivity index (χ3n) is 3.51. The van der Waals surface area contributed by atoms with Gasteiger partial charge in [-0.3, -0.25) is 14.2 Å². The van der Waals surface area contributed by atoms with Gasteiger partial charge in [0.15, 0.2) is 5.78 Å². The Morgan fingerprint density at radius 1 is 1.19 bits per heavy atom. The summed E-state index contributed by atoms with van der Waals surface area (Å²) in [5.41, 5.74) is 3.49. The van der Waals surface area contributed by atoms with Crippen molar-refractivity contribution in [2.24, 2.45) is 0 Å². The number of aryl methyl sites for hydroxylation is 4. The second kappa shape index (κ2) is 6.56. The number of carbonyl (C=O) groups excluding carboxylic acids is 1. The lowest BCUT2D eigenvalue weighted by atomic mass is 10.1. The van der Waals surface area contributed by atoms with Gasteiger partial charge in [-0.25, -0.2) is 0 Å². The Morgan fingerprint density at radius 2 is 1.86 bits per heavy atom. The van der Waals surface area contributed by atoms with E-state index in [1.54, 1.807) is 4.68 Å². The van der Waals surface area contributed by atoms with Crippen LogP contribution in [0, 0.1) is 6.92 Å². The van der Waals surface area contributed by atoms with Gasteiger partial charge in [-0.1, -0.05) is 6.92 Å². The molecule has 0 fully saturated rings. The van der Waals surface area contributed by atoms with Gasteiger partial charge in [-0.2, -0.15) is 10.2 Å². The number of carbonyl (C=O) groups is 1. The maximum atomic E-state index is 12.6. The van der Waals surface area contributed by atoms with Crippen molar-refractivity contribution in [1.29, 1.82) is 0 Å². The van der Waals surface area contributed by atoms with Gasteiger partial charge in [0, 0.05) is 13.1 Å². The summed E-state index contributed by atoms with van der Waals surface area (Å²) < 4.78 is 4.62. The number of hydrogen-bond donors (Lipinski definition) is 0. The molecule has 0 aromatic carbocycles. The van der Waals surface area contributed by atoms with Crippen molar-refractivity contribution < 1.29 is 4.79 Å². The molecule has 0 N–H and O–H groups in total. The standard InChI is InChI=1S/C15H21BrN4O/c1-5-11-15(16)13(20(7-3)18-11)9-14(21)12-8-10(4)17-19(12)6-2/h8H,5-7,9H2,1-4H3. The third-order valence-corrected chi connectivity index (χ3v) is 4.42. The molecule has 0 aliphatic rings. The maximum Gasteiger partial charge on any atom is 0.186 e. The second-order valence-electron chi connectivity index (χ2n) is 4.96. The van der Waals surface area contributed by atoms with Gasteiger partial charge in [0.05, 0.1) is 28.0 Å². The molecular weight excluding hydrogens is 332 g/mol. The predicted octanol–water partition coefficient (Wildman–Crippen LogP) is 3.18. The van der Waals surface area contributed by atoms with E-state index in [1.165, 1.54) is 0 Å². The topological polar surface area (TPSA) is 52.7 Å². The molecule has 2 aromatic heterocycles. The number of ketones is 1. The highest BCUT2D eigenvalue weighted by Crippen LogP contribution is 2.24. The lowest BCUT2D eigenvalue weighted by Crippen LogP contribution is -2.14. The monoisotopic (exact) mass is 352 g/mol. The predicted molar refractivity (Wildman–Crippen MR) is 85.7 cm³/mol. The zero-order valence-corrected chi connectivity index (χ0v) is 14.6. The first kappa shape index (κ1) is 15.9. The summed E-state index contributed by atoms with van der Waals surface area (Å²) >= 11 is 3.59. The number of halogens is 1. The molecule has 0 saturated heterocycles. The summed E-state index contributed by atoms with van der Waals surface area (Å²) in [6.45, 7) is 9.45. The molecule has 2 aromatic rings. The highest BCUT2D eigenvalue weighted by molar-refractivity contribution is 9.10. The maximum absolute atomic E-state index is 12.6. The molecule has 2 rings (SSSR count). The molecule has 0 aliphatic heterocycles. The number of nitrogens with zero attached hydrogens (tertiary/aromatic N) is 4. The smallest absolute Gasteiger partial charge is 0.186 e. The Hall–Kier alpha value is -1.43. The molecule has 6 heteroatoms. The first-order valence-electron chi connectivity index (χ1n) is 7.33. The van der Waals surface area contributed by atoms with Crippen molar-refractivity contribution in [2.75, 3.05) is 0 Å². The fourth-order valence-electron chi connectivity index (χ4n) is 2.44. The molecule has 0 saturated carbocycles. The average molecular weight is 353 g/mol. The average Bonchev–Trinajstić information content (AvgIpc) is 3.00. The van der Waals surface area contributed by atoms with Crippen molar-refractivity contribution in [3.8, 4) is 0 Å². The fourth-order valence-corrected chi connectivity index (χ4v) is 3.14. The zero-order chi connectivity index (χ0) is 15.6. The number of hydrogen-bond acceptors (Lipinski definition) is 3. The second-order valence-corrected chi connectivity index (χ2v) is 5.76. The van der Waals surface area contributed by atoms with E-state index in [0.717, 1.165) is 34.5 Å². The van der Waals surface area contributed by atoms with Gasteiger partial charge in [-0.05, 0) is 49.2 Å². The van der Waals surface area contributed by atoms with Crippen LogP contribution < -0.4 is 0 Å². The minimum absolute atomic E-state index is 0.0791. The van der Waals surface area contributed by atoms with E-state index in [4.69, 9.17) is 0 Å². The van der Waals surface area contributed by atoms with E-state index in [1.807, 2.05) is 31.5 Å². The molecule has 0 atom stereocenters. The van der Waals surface area contributed by atoms with Gasteiger partial charge in [0.25, 0.3) is 0 Å². The van der Waals surface area contributed by atoms with E-state index in [2.05, 4.69) is 33.1 Å². The normalized spacial score (nSPS) is 11.1. The Kier molecular flexibility index (Phi) is 4.98. The largest absolute Gasteiger partial charge is 0.292 e. The SMILES string of the molecule is CCc1nn(CC)c(CC(=O)c2cc(C)nn2CC)c1Br. The van der Waals surface area contributed by atoms with E-state index in [0.29, 0.717) is 18.7 Å². The van der Waals surface area contributed by atoms with Gasteiger partial charge in [0.1, 0.15) is 5.69 Å². The Labute approximate surface area is 133 Å². The van der Waals surface area contributed by atoms with Crippen LogP contribution in [0.5, 0.6) is 0 Å². The lowest BCUT2D eigenvalue weighted by molar-refractivity contribution is 0.0980. The van der Waals surface area contributed by atoms with Crippen LogP contribution in [-0.2, 0) is 25.9 Å². The van der Waals surface area contributed by atoms with Gasteiger partial charge >= 0.3 is 0 Å². The van der Waals surface area contributed by atoms with Crippen molar-refractivity contribution >= 4 is 21.7 Å². The van der Waals surface area contributed by atoms with Crippen LogP contribution in [0.1, 0.15) is 48.3 Å². The van der Waals surface area contributed by atoms with E-state index >= 15 is 0 Å². The summed E-state index contributed by atoms with van der Waals surface area (Å²) in [6, 6.07) is 1.85. The molecule has 0 aliphatic carbocycles. The minimum Gasteiger partial charge on any atom is -0.292 e. The van der Waals surface area contributed by atoms with E-state index in [9.17, 15) is 4.79 Å². The van der Waals surface area contributed by atoms with Gasteiger partial charge in [-0.15, -0.1) is 0 Å². The minimum atomic E-state index is 0.0791. The third kappa shape index (κ3) is 3.10. The molecule has 0 unspecified atom stereocenters. The summed E-state index contributed by atoms with van der Waals surface area (Å²) in [5.74, 6) is 0.0791. The highest BCUT2D eigenvalue weighted by Gasteiger charge is 2.20. The summed E-state index contributed by atoms with van der Waals surface area (Å²) in [5, 5.41) is 8.88. The first-order valence-corrected chi connectivity index (χ1v) is 8.12. The molecule has 0 radical (unpaired) electrons. The summed E-state index contributed by atoms with van der Waals surface area (Å²) in [7, 11) is 0. The summed E-state index contributed by atoms with van der Waals surface area (Å²) in [4.78, 5) is 12.6. The molecule has 5 nitrogen and oxygen atoms in total. The first-order chi connectivity index (χ1) is 10.0. The Balaban J connectivity index is 2.33. The van der Waals surface area contributed by atoms with Crippen LogP contribution in [0.2, 0.25) is 0 Å². The highest BCUT2D eigenvalue weighted by atomic mass is 79.9. The number of rotatable bonds is 6. The zero-order valence-electron chi connectivity index (χ0n) is 13.0. The number of aromatic nitrogens is 4. The van der Waals surface area contributed by atoms with Crippen LogP contribution in [0.4, 0.5) is 0 Å². The molecule has 2 heterocycles.